The number of benzene rings is 2. The van der Waals surface area contributed by atoms with E-state index in [2.05, 4.69) is 5.32 Å². The second kappa shape index (κ2) is 9.06. The summed E-state index contributed by atoms with van der Waals surface area (Å²) < 4.78 is 24.3. The van der Waals surface area contributed by atoms with Gasteiger partial charge in [0.15, 0.2) is 6.10 Å². The van der Waals surface area contributed by atoms with Gasteiger partial charge in [-0.15, -0.1) is 0 Å². The third kappa shape index (κ3) is 5.78. The summed E-state index contributed by atoms with van der Waals surface area (Å²) in [4.78, 5) is 12.4. The summed E-state index contributed by atoms with van der Waals surface area (Å²) in [5.41, 5.74) is 1.05. The fraction of sp³-hybridized carbons (Fsp3) is 0.350. The van der Waals surface area contributed by atoms with Gasteiger partial charge in [-0.3, -0.25) is 4.79 Å². The summed E-state index contributed by atoms with van der Waals surface area (Å²) in [6, 6.07) is 13.2. The van der Waals surface area contributed by atoms with Gasteiger partial charge in [-0.25, -0.2) is 4.39 Å². The molecule has 2 aromatic rings. The summed E-state index contributed by atoms with van der Waals surface area (Å²) in [6.45, 7) is 6.08. The number of halogens is 1. The van der Waals surface area contributed by atoms with Gasteiger partial charge < -0.3 is 14.8 Å². The Morgan fingerprint density at radius 1 is 1.16 bits per heavy atom. The lowest BCUT2D eigenvalue weighted by Gasteiger charge is -2.21. The maximum Gasteiger partial charge on any atom is 0.261 e. The van der Waals surface area contributed by atoms with Crippen molar-refractivity contribution in [1.29, 1.82) is 0 Å². The minimum absolute atomic E-state index is 0.169. The number of carbonyl (C=O) groups is 1. The van der Waals surface area contributed by atoms with Gasteiger partial charge in [0, 0.05) is 0 Å². The first-order chi connectivity index (χ1) is 12.0. The highest BCUT2D eigenvalue weighted by Crippen LogP contribution is 2.17. The first kappa shape index (κ1) is 18.8. The van der Waals surface area contributed by atoms with Gasteiger partial charge in [0.2, 0.25) is 0 Å². The zero-order chi connectivity index (χ0) is 18.2. The van der Waals surface area contributed by atoms with E-state index in [1.165, 1.54) is 24.3 Å². The molecule has 0 unspecified atom stereocenters. The molecule has 2 aromatic carbocycles. The Bertz CT molecular complexity index is 688. The third-order valence-corrected chi connectivity index (χ3v) is 3.73. The molecule has 0 aliphatic heterocycles. The molecule has 134 valence electrons. The highest BCUT2D eigenvalue weighted by molar-refractivity contribution is 5.81. The lowest BCUT2D eigenvalue weighted by Crippen LogP contribution is -2.44. The van der Waals surface area contributed by atoms with Crippen LogP contribution in [-0.2, 0) is 4.79 Å². The minimum Gasteiger partial charge on any atom is -0.491 e. The second-order valence-electron chi connectivity index (χ2n) is 5.95. The van der Waals surface area contributed by atoms with Crippen LogP contribution in [0.15, 0.2) is 48.5 Å². The molecule has 0 aromatic heterocycles. The molecule has 5 heteroatoms. The largest absolute Gasteiger partial charge is 0.491 e. The Hall–Kier alpha value is -2.56. The van der Waals surface area contributed by atoms with Gasteiger partial charge in [-0.05, 0) is 56.2 Å². The number of aryl methyl sites for hydroxylation is 1. The van der Waals surface area contributed by atoms with Crippen LogP contribution in [0.25, 0.3) is 0 Å². The fourth-order valence-corrected chi connectivity index (χ4v) is 2.31. The van der Waals surface area contributed by atoms with Crippen LogP contribution in [0.4, 0.5) is 4.39 Å². The highest BCUT2D eigenvalue weighted by Gasteiger charge is 2.20. The van der Waals surface area contributed by atoms with E-state index in [0.29, 0.717) is 18.8 Å². The van der Waals surface area contributed by atoms with Crippen LogP contribution < -0.4 is 14.8 Å². The Morgan fingerprint density at radius 2 is 1.84 bits per heavy atom. The fourth-order valence-electron chi connectivity index (χ4n) is 2.31. The third-order valence-electron chi connectivity index (χ3n) is 3.73. The monoisotopic (exact) mass is 345 g/mol. The molecule has 2 rings (SSSR count). The molecule has 0 heterocycles. The minimum atomic E-state index is -0.633. The lowest BCUT2D eigenvalue weighted by molar-refractivity contribution is -0.128. The average molecular weight is 345 g/mol. The van der Waals surface area contributed by atoms with Crippen LogP contribution in [0, 0.1) is 12.7 Å². The van der Waals surface area contributed by atoms with Crippen LogP contribution in [0.1, 0.15) is 25.8 Å². The number of rotatable bonds is 8. The van der Waals surface area contributed by atoms with Crippen molar-refractivity contribution < 1.29 is 18.7 Å². The molecular weight excluding hydrogens is 321 g/mol. The number of ether oxygens (including phenoxy) is 2. The summed E-state index contributed by atoms with van der Waals surface area (Å²) in [7, 11) is 0. The molecule has 2 atom stereocenters. The Labute approximate surface area is 148 Å². The molecule has 25 heavy (non-hydrogen) atoms. The Morgan fingerprint density at radius 3 is 2.48 bits per heavy atom. The normalized spacial score (nSPS) is 13.0. The summed E-state index contributed by atoms with van der Waals surface area (Å²) in [5, 5.41) is 2.89. The van der Waals surface area contributed by atoms with Crippen molar-refractivity contribution in [2.75, 3.05) is 6.61 Å². The number of hydrogen-bond donors (Lipinski definition) is 1. The van der Waals surface area contributed by atoms with Crippen molar-refractivity contribution >= 4 is 5.91 Å². The van der Waals surface area contributed by atoms with E-state index in [1.54, 1.807) is 0 Å². The quantitative estimate of drug-likeness (QED) is 0.790. The van der Waals surface area contributed by atoms with Gasteiger partial charge in [-0.2, -0.15) is 0 Å². The Kier molecular flexibility index (Phi) is 6.81. The van der Waals surface area contributed by atoms with E-state index >= 15 is 0 Å². The van der Waals surface area contributed by atoms with Crippen LogP contribution in [0.2, 0.25) is 0 Å². The van der Waals surface area contributed by atoms with Crippen molar-refractivity contribution in [3.05, 3.63) is 59.9 Å². The Balaban J connectivity index is 1.85. The van der Waals surface area contributed by atoms with E-state index in [0.717, 1.165) is 11.3 Å². The van der Waals surface area contributed by atoms with Gasteiger partial charge in [0.25, 0.3) is 5.91 Å². The standard InChI is InChI=1S/C20H24FNO3/c1-4-18(25-17-11-9-16(21)10-12-17)20(23)22-15(3)13-24-19-8-6-5-7-14(19)2/h5-12,15,18H,4,13H2,1-3H3,(H,22,23)/t15-,18-/m0/s1. The van der Waals surface area contributed by atoms with E-state index in [9.17, 15) is 9.18 Å². The highest BCUT2D eigenvalue weighted by atomic mass is 19.1. The number of amides is 1. The molecule has 0 fully saturated rings. The topological polar surface area (TPSA) is 47.6 Å². The predicted octanol–water partition coefficient (Wildman–Crippen LogP) is 3.88. The molecule has 0 aliphatic rings. The van der Waals surface area contributed by atoms with Crippen molar-refractivity contribution in [2.45, 2.75) is 39.3 Å². The molecule has 0 saturated heterocycles. The zero-order valence-electron chi connectivity index (χ0n) is 14.8. The number of carbonyl (C=O) groups excluding carboxylic acids is 1. The van der Waals surface area contributed by atoms with Gasteiger partial charge in [0.05, 0.1) is 6.04 Å². The van der Waals surface area contributed by atoms with Crippen LogP contribution in [-0.4, -0.2) is 24.7 Å². The van der Waals surface area contributed by atoms with E-state index < -0.39 is 6.10 Å². The molecule has 0 spiro atoms. The molecular formula is C20H24FNO3. The molecule has 0 saturated carbocycles. The van der Waals surface area contributed by atoms with Crippen LogP contribution in [0.3, 0.4) is 0 Å². The van der Waals surface area contributed by atoms with Crippen LogP contribution in [0.5, 0.6) is 11.5 Å². The summed E-state index contributed by atoms with van der Waals surface area (Å²) >= 11 is 0. The second-order valence-corrected chi connectivity index (χ2v) is 5.95. The van der Waals surface area contributed by atoms with Crippen molar-refractivity contribution in [1.82, 2.24) is 5.32 Å². The first-order valence-electron chi connectivity index (χ1n) is 8.40. The maximum absolute atomic E-state index is 12.9. The summed E-state index contributed by atoms with van der Waals surface area (Å²) in [5.74, 6) is 0.713. The SMILES string of the molecule is CC[C@H](Oc1ccc(F)cc1)C(=O)N[C@@H](C)COc1ccccc1C. The average Bonchev–Trinajstić information content (AvgIpc) is 2.60. The molecule has 4 nitrogen and oxygen atoms in total. The number of para-hydroxylation sites is 1. The lowest BCUT2D eigenvalue weighted by atomic mass is 10.2. The van der Waals surface area contributed by atoms with Crippen molar-refractivity contribution in [2.24, 2.45) is 0 Å². The van der Waals surface area contributed by atoms with Gasteiger partial charge >= 0.3 is 0 Å². The van der Waals surface area contributed by atoms with Gasteiger partial charge in [-0.1, -0.05) is 25.1 Å². The molecule has 1 N–H and O–H groups in total. The smallest absolute Gasteiger partial charge is 0.261 e. The van der Waals surface area contributed by atoms with Crippen molar-refractivity contribution in [3.8, 4) is 11.5 Å². The van der Waals surface area contributed by atoms with Crippen LogP contribution >= 0.6 is 0 Å². The van der Waals surface area contributed by atoms with E-state index in [-0.39, 0.29) is 17.8 Å². The first-order valence-corrected chi connectivity index (χ1v) is 8.40. The predicted molar refractivity (Wildman–Crippen MR) is 95.4 cm³/mol. The maximum atomic E-state index is 12.9. The molecule has 1 amide bonds. The van der Waals surface area contributed by atoms with Crippen molar-refractivity contribution in [3.63, 3.8) is 0 Å². The van der Waals surface area contributed by atoms with E-state index in [1.807, 2.05) is 45.0 Å². The molecule has 0 bridgehead atoms. The number of hydrogen-bond acceptors (Lipinski definition) is 3. The van der Waals surface area contributed by atoms with Gasteiger partial charge in [0.1, 0.15) is 23.9 Å². The zero-order valence-corrected chi connectivity index (χ0v) is 14.8. The molecule has 0 aliphatic carbocycles. The summed E-state index contributed by atoms with van der Waals surface area (Å²) in [6.07, 6.45) is -0.124. The number of nitrogens with one attached hydrogen (secondary N) is 1. The van der Waals surface area contributed by atoms with E-state index in [4.69, 9.17) is 9.47 Å². The molecule has 0 radical (unpaired) electrons.